The zero-order valence-corrected chi connectivity index (χ0v) is 23.0. The number of methoxy groups -OCH3 is 1. The van der Waals surface area contributed by atoms with Crippen LogP contribution in [0.25, 0.3) is 17.0 Å². The smallest absolute Gasteiger partial charge is 0.283 e. The van der Waals surface area contributed by atoms with Gasteiger partial charge in [0, 0.05) is 28.1 Å². The number of aromatic nitrogens is 1. The number of rotatable bonds is 7. The van der Waals surface area contributed by atoms with Gasteiger partial charge in [0.15, 0.2) is 17.3 Å². The van der Waals surface area contributed by atoms with E-state index in [4.69, 9.17) is 20.0 Å². The number of para-hydroxylation sites is 3. The molecular formula is C30H31N5O3S. The molecule has 2 aromatic carbocycles. The highest BCUT2D eigenvalue weighted by atomic mass is 32.2. The van der Waals surface area contributed by atoms with Crippen LogP contribution in [0.4, 0.5) is 0 Å². The Hall–Kier alpha value is -3.85. The molecule has 0 unspecified atom stereocenters. The molecule has 1 aliphatic carbocycles. The van der Waals surface area contributed by atoms with Crippen LogP contribution in [-0.4, -0.2) is 45.2 Å². The molecule has 6 rings (SSSR count). The monoisotopic (exact) mass is 541 g/mol. The first-order valence-corrected chi connectivity index (χ1v) is 14.2. The minimum Gasteiger partial charge on any atom is -0.493 e. The predicted molar refractivity (Wildman–Crippen MR) is 157 cm³/mol. The van der Waals surface area contributed by atoms with Gasteiger partial charge >= 0.3 is 0 Å². The van der Waals surface area contributed by atoms with Crippen LogP contribution in [0.2, 0.25) is 0 Å². The molecule has 0 atom stereocenters. The van der Waals surface area contributed by atoms with Gasteiger partial charge in [-0.2, -0.15) is 15.1 Å². The van der Waals surface area contributed by atoms with Gasteiger partial charge in [0.05, 0.1) is 19.2 Å². The SMILES string of the molecule is COc1ccccc1OCCn1c(C)c(C=C2C(=N)N3N=C(C4CCCCC4)SC3=NC2=O)c2ccccc21. The Morgan fingerprint density at radius 1 is 1.08 bits per heavy atom. The third-order valence-electron chi connectivity index (χ3n) is 7.63. The van der Waals surface area contributed by atoms with Gasteiger partial charge < -0.3 is 14.0 Å². The number of benzene rings is 2. The molecular weight excluding hydrogens is 510 g/mol. The van der Waals surface area contributed by atoms with Crippen LogP contribution in [0.15, 0.2) is 64.2 Å². The number of nitrogens with zero attached hydrogens (tertiary/aromatic N) is 4. The third-order valence-corrected chi connectivity index (χ3v) is 8.71. The Morgan fingerprint density at radius 3 is 2.62 bits per heavy atom. The number of carbonyl (C=O) groups excluding carboxylic acids is 1. The highest BCUT2D eigenvalue weighted by molar-refractivity contribution is 8.27. The molecule has 1 saturated carbocycles. The van der Waals surface area contributed by atoms with E-state index in [9.17, 15) is 4.79 Å². The van der Waals surface area contributed by atoms with E-state index in [-0.39, 0.29) is 11.4 Å². The first kappa shape index (κ1) is 25.4. The predicted octanol–water partition coefficient (Wildman–Crippen LogP) is 6.24. The number of fused-ring (bicyclic) bond motifs is 2. The van der Waals surface area contributed by atoms with Gasteiger partial charge in [-0.15, -0.1) is 0 Å². The van der Waals surface area contributed by atoms with Crippen molar-refractivity contribution in [3.8, 4) is 11.5 Å². The summed E-state index contributed by atoms with van der Waals surface area (Å²) in [5.74, 6) is 1.47. The van der Waals surface area contributed by atoms with E-state index < -0.39 is 5.91 Å². The van der Waals surface area contributed by atoms with Crippen molar-refractivity contribution in [3.05, 3.63) is 65.4 Å². The van der Waals surface area contributed by atoms with Crippen LogP contribution >= 0.6 is 11.8 Å². The highest BCUT2D eigenvalue weighted by Gasteiger charge is 2.38. The Morgan fingerprint density at radius 2 is 1.82 bits per heavy atom. The van der Waals surface area contributed by atoms with Gasteiger partial charge in [0.1, 0.15) is 11.7 Å². The number of hydrogen-bond donors (Lipinski definition) is 1. The topological polar surface area (TPSA) is 92.3 Å². The molecule has 1 amide bonds. The quantitative estimate of drug-likeness (QED) is 0.358. The second-order valence-electron chi connectivity index (χ2n) is 9.96. The molecule has 8 nitrogen and oxygen atoms in total. The molecule has 1 fully saturated rings. The normalized spacial score (nSPS) is 18.9. The molecule has 3 aromatic rings. The Balaban J connectivity index is 1.29. The van der Waals surface area contributed by atoms with Crippen molar-refractivity contribution < 1.29 is 14.3 Å². The van der Waals surface area contributed by atoms with E-state index in [1.165, 1.54) is 36.0 Å². The summed E-state index contributed by atoms with van der Waals surface area (Å²) in [6, 6.07) is 15.7. The molecule has 200 valence electrons. The van der Waals surface area contributed by atoms with Gasteiger partial charge in [0.2, 0.25) is 5.17 Å². The van der Waals surface area contributed by atoms with Crippen molar-refractivity contribution in [2.75, 3.05) is 13.7 Å². The second-order valence-corrected chi connectivity index (χ2v) is 10.9. The van der Waals surface area contributed by atoms with Crippen molar-refractivity contribution in [2.45, 2.75) is 45.6 Å². The zero-order valence-electron chi connectivity index (χ0n) is 22.1. The van der Waals surface area contributed by atoms with Crippen LogP contribution in [-0.2, 0) is 11.3 Å². The summed E-state index contributed by atoms with van der Waals surface area (Å²) in [6.07, 6.45) is 7.68. The zero-order chi connectivity index (χ0) is 26.9. The number of hydrogen-bond acceptors (Lipinski definition) is 6. The van der Waals surface area contributed by atoms with Crippen molar-refractivity contribution in [1.82, 2.24) is 9.58 Å². The van der Waals surface area contributed by atoms with Crippen LogP contribution in [0.5, 0.6) is 11.5 Å². The van der Waals surface area contributed by atoms with E-state index in [1.54, 1.807) is 13.2 Å². The molecule has 3 aliphatic rings. The lowest BCUT2D eigenvalue weighted by atomic mass is 9.90. The molecule has 9 heteroatoms. The molecule has 0 radical (unpaired) electrons. The number of aliphatic imine (C=N–C) groups is 1. The fourth-order valence-electron chi connectivity index (χ4n) is 5.58. The van der Waals surface area contributed by atoms with E-state index in [0.717, 1.165) is 40.0 Å². The summed E-state index contributed by atoms with van der Waals surface area (Å²) in [5.41, 5.74) is 3.19. The van der Waals surface area contributed by atoms with Crippen molar-refractivity contribution in [2.24, 2.45) is 16.0 Å². The lowest BCUT2D eigenvalue weighted by Crippen LogP contribution is -2.35. The number of ether oxygens (including phenoxy) is 2. The Kier molecular flexibility index (Phi) is 6.99. The van der Waals surface area contributed by atoms with E-state index in [2.05, 4.69) is 15.6 Å². The fraction of sp³-hybridized carbons (Fsp3) is 0.333. The lowest BCUT2D eigenvalue weighted by Gasteiger charge is -2.20. The number of hydrazone groups is 1. The highest BCUT2D eigenvalue weighted by Crippen LogP contribution is 2.37. The van der Waals surface area contributed by atoms with E-state index in [1.807, 2.05) is 49.4 Å². The largest absolute Gasteiger partial charge is 0.493 e. The molecule has 1 aromatic heterocycles. The van der Waals surface area contributed by atoms with E-state index in [0.29, 0.717) is 35.7 Å². The molecule has 3 heterocycles. The van der Waals surface area contributed by atoms with Crippen molar-refractivity contribution >= 4 is 50.7 Å². The Labute approximate surface area is 231 Å². The summed E-state index contributed by atoms with van der Waals surface area (Å²) in [4.78, 5) is 17.5. The van der Waals surface area contributed by atoms with Crippen molar-refractivity contribution in [1.29, 1.82) is 5.41 Å². The molecule has 1 N–H and O–H groups in total. The van der Waals surface area contributed by atoms with Crippen LogP contribution in [0.1, 0.15) is 43.4 Å². The minimum absolute atomic E-state index is 0.0825. The van der Waals surface area contributed by atoms with Crippen LogP contribution in [0.3, 0.4) is 0 Å². The Bertz CT molecular complexity index is 1550. The average molecular weight is 542 g/mol. The third kappa shape index (κ3) is 4.76. The van der Waals surface area contributed by atoms with Gasteiger partial charge in [-0.1, -0.05) is 49.6 Å². The standard InChI is InChI=1S/C30H31N5O3S/c1-19-22(18-23-27(31)35-30(32-28(23)36)39-29(33-35)20-10-4-3-5-11-20)21-12-6-7-13-24(21)34(19)16-17-38-26-15-9-8-14-25(26)37-2/h6-9,12-15,18,20,31H,3-5,10-11,16-17H2,1-2H3. The lowest BCUT2D eigenvalue weighted by molar-refractivity contribution is -0.114. The van der Waals surface area contributed by atoms with Crippen LogP contribution in [0, 0.1) is 18.3 Å². The molecule has 0 bridgehead atoms. The van der Waals surface area contributed by atoms with Gasteiger partial charge in [-0.3, -0.25) is 10.2 Å². The van der Waals surface area contributed by atoms with Crippen molar-refractivity contribution in [3.63, 3.8) is 0 Å². The molecule has 0 saturated heterocycles. The minimum atomic E-state index is -0.394. The van der Waals surface area contributed by atoms with Crippen LogP contribution < -0.4 is 9.47 Å². The summed E-state index contributed by atoms with van der Waals surface area (Å²) in [7, 11) is 1.63. The summed E-state index contributed by atoms with van der Waals surface area (Å²) in [6.45, 7) is 3.09. The molecule has 39 heavy (non-hydrogen) atoms. The van der Waals surface area contributed by atoms with Gasteiger partial charge in [0.25, 0.3) is 5.91 Å². The molecule has 0 spiro atoms. The number of amides is 1. The maximum atomic E-state index is 13.2. The fourth-order valence-corrected chi connectivity index (χ4v) is 6.64. The average Bonchev–Trinajstić information content (AvgIpc) is 3.51. The summed E-state index contributed by atoms with van der Waals surface area (Å²) >= 11 is 1.45. The maximum Gasteiger partial charge on any atom is 0.283 e. The molecule has 2 aliphatic heterocycles. The maximum absolute atomic E-state index is 13.2. The van der Waals surface area contributed by atoms with Gasteiger partial charge in [-0.25, -0.2) is 0 Å². The number of nitrogens with one attached hydrogen (secondary N) is 1. The first-order chi connectivity index (χ1) is 19.0. The number of thioether (sulfide) groups is 1. The first-order valence-electron chi connectivity index (χ1n) is 13.4. The summed E-state index contributed by atoms with van der Waals surface area (Å²) in [5, 5.41) is 17.7. The summed E-state index contributed by atoms with van der Waals surface area (Å²) < 4.78 is 13.6. The second kappa shape index (κ2) is 10.7. The van der Waals surface area contributed by atoms with E-state index >= 15 is 0 Å². The van der Waals surface area contributed by atoms with Gasteiger partial charge in [-0.05, 0) is 55.8 Å². The number of amidine groups is 2. The number of carbonyl (C=O) groups is 1.